The van der Waals surface area contributed by atoms with Crippen LogP contribution in [0.4, 0.5) is 5.69 Å². The van der Waals surface area contributed by atoms with Gasteiger partial charge in [-0.3, -0.25) is 4.79 Å². The molecule has 3 N–H and O–H groups in total. The summed E-state index contributed by atoms with van der Waals surface area (Å²) in [4.78, 5) is 12.4. The number of tetrazole rings is 1. The van der Waals surface area contributed by atoms with E-state index in [9.17, 15) is 13.2 Å². The highest BCUT2D eigenvalue weighted by molar-refractivity contribution is 7.90. The van der Waals surface area contributed by atoms with Crippen molar-refractivity contribution in [2.24, 2.45) is 5.41 Å². The van der Waals surface area contributed by atoms with E-state index in [1.165, 1.54) is 30.5 Å². The Morgan fingerprint density at radius 1 is 1.29 bits per heavy atom. The van der Waals surface area contributed by atoms with Crippen LogP contribution in [-0.4, -0.2) is 34.9 Å². The fourth-order valence-corrected chi connectivity index (χ4v) is 4.10. The number of allylic oxidation sites excluding steroid dienone is 1. The third kappa shape index (κ3) is 4.17. The van der Waals surface area contributed by atoms with Gasteiger partial charge in [-0.05, 0) is 42.3 Å². The molecule has 3 rings (SSSR count). The number of nitrogens with zero attached hydrogens (tertiary/aromatic N) is 4. The molecule has 1 fully saturated rings. The van der Waals surface area contributed by atoms with Crippen LogP contribution in [0.25, 0.3) is 5.57 Å². The number of aromatic amines is 1. The molecule has 0 atom stereocenters. The number of nitriles is 1. The zero-order valence-corrected chi connectivity index (χ0v) is 16.0. The Morgan fingerprint density at radius 3 is 2.54 bits per heavy atom. The summed E-state index contributed by atoms with van der Waals surface area (Å²) in [7, 11) is -3.95. The normalized spacial score (nSPS) is 16.4. The van der Waals surface area contributed by atoms with Crippen LogP contribution in [0.15, 0.2) is 35.4 Å². The number of H-pyrrole nitrogens is 1. The third-order valence-electron chi connectivity index (χ3n) is 4.74. The minimum Gasteiger partial charge on any atom is -0.360 e. The van der Waals surface area contributed by atoms with Crippen molar-refractivity contribution in [1.29, 1.82) is 5.26 Å². The summed E-state index contributed by atoms with van der Waals surface area (Å²) in [6.07, 6.45) is 4.60. The van der Waals surface area contributed by atoms with Crippen LogP contribution in [0.5, 0.6) is 0 Å². The van der Waals surface area contributed by atoms with E-state index in [4.69, 9.17) is 5.26 Å². The molecule has 0 spiro atoms. The smallest absolute Gasteiger partial charge is 0.264 e. The molecule has 1 saturated carbocycles. The Morgan fingerprint density at radius 2 is 1.96 bits per heavy atom. The average molecular weight is 401 g/mol. The number of sulfonamides is 1. The molecule has 1 aliphatic rings. The second-order valence-corrected chi connectivity index (χ2v) is 8.46. The van der Waals surface area contributed by atoms with Gasteiger partial charge in [0, 0.05) is 17.3 Å². The Kier molecular flexibility index (Phi) is 5.41. The summed E-state index contributed by atoms with van der Waals surface area (Å²) in [6.45, 7) is 1.79. The fraction of sp³-hybridized carbons (Fsp3) is 0.353. The van der Waals surface area contributed by atoms with E-state index in [1.807, 2.05) is 6.07 Å². The molecule has 28 heavy (non-hydrogen) atoms. The molecule has 0 unspecified atom stereocenters. The number of rotatable bonds is 6. The van der Waals surface area contributed by atoms with Crippen molar-refractivity contribution >= 4 is 27.2 Å². The highest BCUT2D eigenvalue weighted by Gasteiger charge is 2.38. The van der Waals surface area contributed by atoms with Crippen LogP contribution in [0.2, 0.25) is 0 Å². The van der Waals surface area contributed by atoms with Gasteiger partial charge in [0.15, 0.2) is 0 Å². The maximum atomic E-state index is 12.5. The Hall–Kier alpha value is -3.26. The Balaban J connectivity index is 1.69. The van der Waals surface area contributed by atoms with Gasteiger partial charge in [0.05, 0.1) is 4.90 Å². The molecule has 1 aromatic carbocycles. The van der Waals surface area contributed by atoms with Crippen molar-refractivity contribution in [3.63, 3.8) is 0 Å². The number of carbonyl (C=O) groups excluding carboxylic acids is 1. The lowest BCUT2D eigenvalue weighted by atomic mass is 9.88. The summed E-state index contributed by atoms with van der Waals surface area (Å²) >= 11 is 0. The van der Waals surface area contributed by atoms with Gasteiger partial charge < -0.3 is 5.32 Å². The molecule has 1 aromatic heterocycles. The summed E-state index contributed by atoms with van der Waals surface area (Å²) in [6, 6.07) is 7.74. The molecule has 0 radical (unpaired) electrons. The maximum absolute atomic E-state index is 12.5. The first-order valence-electron chi connectivity index (χ1n) is 8.62. The quantitative estimate of drug-likeness (QED) is 0.616. The van der Waals surface area contributed by atoms with E-state index in [-0.39, 0.29) is 16.3 Å². The molecule has 1 heterocycles. The highest BCUT2D eigenvalue weighted by Crippen LogP contribution is 2.37. The summed E-state index contributed by atoms with van der Waals surface area (Å²) < 4.78 is 27.2. The lowest BCUT2D eigenvalue weighted by Gasteiger charge is -2.22. The lowest BCUT2D eigenvalue weighted by Crippen LogP contribution is -2.40. The van der Waals surface area contributed by atoms with Crippen molar-refractivity contribution < 1.29 is 13.2 Å². The molecule has 146 valence electrons. The molecule has 11 heteroatoms. The number of aromatic nitrogens is 4. The van der Waals surface area contributed by atoms with E-state index in [0.29, 0.717) is 18.5 Å². The number of amides is 1. The monoisotopic (exact) mass is 401 g/mol. The zero-order chi connectivity index (χ0) is 20.2. The van der Waals surface area contributed by atoms with E-state index in [1.54, 1.807) is 6.92 Å². The first kappa shape index (κ1) is 19.5. The molecule has 0 bridgehead atoms. The van der Waals surface area contributed by atoms with Crippen molar-refractivity contribution in [3.05, 3.63) is 36.3 Å². The van der Waals surface area contributed by atoms with Crippen LogP contribution in [0.1, 0.15) is 38.4 Å². The van der Waals surface area contributed by atoms with Gasteiger partial charge >= 0.3 is 0 Å². The van der Waals surface area contributed by atoms with Gasteiger partial charge in [-0.1, -0.05) is 19.8 Å². The molecule has 0 saturated heterocycles. The predicted octanol–water partition coefficient (Wildman–Crippen LogP) is 1.56. The van der Waals surface area contributed by atoms with E-state index < -0.39 is 21.3 Å². The minimum atomic E-state index is -3.95. The van der Waals surface area contributed by atoms with Gasteiger partial charge in [0.2, 0.25) is 11.7 Å². The van der Waals surface area contributed by atoms with Crippen LogP contribution >= 0.6 is 0 Å². The Labute approximate surface area is 162 Å². The summed E-state index contributed by atoms with van der Waals surface area (Å²) in [5.74, 6) is -0.328. The molecular weight excluding hydrogens is 382 g/mol. The van der Waals surface area contributed by atoms with Crippen LogP contribution in [0.3, 0.4) is 0 Å². The first-order chi connectivity index (χ1) is 13.3. The number of hydrogen-bond acceptors (Lipinski definition) is 8. The molecule has 10 nitrogen and oxygen atoms in total. The number of carbonyl (C=O) groups is 1. The van der Waals surface area contributed by atoms with E-state index >= 15 is 0 Å². The van der Waals surface area contributed by atoms with Crippen molar-refractivity contribution in [1.82, 2.24) is 25.3 Å². The molecular formula is C17H19N7O3S. The average Bonchev–Trinajstić information content (AvgIpc) is 3.35. The number of anilines is 1. The van der Waals surface area contributed by atoms with Gasteiger partial charge in [-0.25, -0.2) is 13.1 Å². The molecule has 1 aliphatic carbocycles. The summed E-state index contributed by atoms with van der Waals surface area (Å²) in [5, 5.41) is 25.1. The second-order valence-electron chi connectivity index (χ2n) is 6.78. The minimum absolute atomic E-state index is 0.0179. The highest BCUT2D eigenvalue weighted by atomic mass is 32.2. The largest absolute Gasteiger partial charge is 0.360 e. The molecule has 1 amide bonds. The van der Waals surface area contributed by atoms with Crippen molar-refractivity contribution in [2.75, 3.05) is 5.32 Å². The van der Waals surface area contributed by atoms with Crippen molar-refractivity contribution in [2.45, 2.75) is 37.5 Å². The first-order valence-corrected chi connectivity index (χ1v) is 10.1. The fourth-order valence-electron chi connectivity index (χ4n) is 3.00. The number of benzene rings is 1. The molecule has 0 aliphatic heterocycles. The van der Waals surface area contributed by atoms with Gasteiger partial charge in [0.1, 0.15) is 11.6 Å². The third-order valence-corrected chi connectivity index (χ3v) is 6.08. The lowest BCUT2D eigenvalue weighted by molar-refractivity contribution is -0.127. The zero-order valence-electron chi connectivity index (χ0n) is 15.1. The van der Waals surface area contributed by atoms with Gasteiger partial charge in [-0.2, -0.15) is 10.5 Å². The van der Waals surface area contributed by atoms with Crippen molar-refractivity contribution in [3.8, 4) is 6.07 Å². The van der Waals surface area contributed by atoms with Crippen LogP contribution in [-0.2, 0) is 14.8 Å². The van der Waals surface area contributed by atoms with Gasteiger partial charge in [-0.15, -0.1) is 10.2 Å². The predicted molar refractivity (Wildman–Crippen MR) is 99.7 cm³/mol. The second kappa shape index (κ2) is 7.77. The summed E-state index contributed by atoms with van der Waals surface area (Å²) in [5.41, 5.74) is 0.0640. The standard InChI is InChI=1S/C17H19N7O3S/c1-17(8-2-3-9-17)16(25)22-28(26,27)14-6-4-13(5-7-14)19-11-12(10-18)15-20-23-24-21-15/h4-7,11,19H,2-3,8-9H2,1H3,(H,22,25)(H,20,21,23,24). The maximum Gasteiger partial charge on any atom is 0.264 e. The molecule has 2 aromatic rings. The van der Waals surface area contributed by atoms with E-state index in [2.05, 4.69) is 30.7 Å². The van der Waals surface area contributed by atoms with E-state index in [0.717, 1.165) is 12.8 Å². The Bertz CT molecular complexity index is 1020. The van der Waals surface area contributed by atoms with Gasteiger partial charge in [0.25, 0.3) is 10.0 Å². The van der Waals surface area contributed by atoms with Crippen LogP contribution in [0, 0.1) is 16.7 Å². The topological polar surface area (TPSA) is 154 Å². The number of hydrogen-bond donors (Lipinski definition) is 3. The number of nitrogens with one attached hydrogen (secondary N) is 3. The van der Waals surface area contributed by atoms with Crippen LogP contribution < -0.4 is 10.0 Å². The SMILES string of the molecule is CC1(C(=O)NS(=O)(=O)c2ccc(NC=C(C#N)c3nn[nH]n3)cc2)CCCC1.